The first-order valence-electron chi connectivity index (χ1n) is 9.76. The molecule has 0 saturated carbocycles. The zero-order chi connectivity index (χ0) is 21.6. The van der Waals surface area contributed by atoms with Crippen LogP contribution in [0.2, 0.25) is 0 Å². The topological polar surface area (TPSA) is 85.4 Å². The molecule has 0 fully saturated rings. The first-order valence-corrected chi connectivity index (χ1v) is 9.76. The number of amides is 1. The number of hydrogen-bond donors (Lipinski definition) is 1. The highest BCUT2D eigenvalue weighted by atomic mass is 16.5. The van der Waals surface area contributed by atoms with Gasteiger partial charge in [0, 0.05) is 10.9 Å². The maximum Gasteiger partial charge on any atom is 0.295 e. The molecule has 4 rings (SSSR count). The molecule has 0 aliphatic heterocycles. The number of methoxy groups -OCH3 is 1. The van der Waals surface area contributed by atoms with E-state index < -0.39 is 5.91 Å². The number of hydrogen-bond acceptors (Lipinski definition) is 5. The summed E-state index contributed by atoms with van der Waals surface area (Å²) in [6, 6.07) is 23.4. The first-order chi connectivity index (χ1) is 15.2. The summed E-state index contributed by atoms with van der Waals surface area (Å²) in [5.74, 6) is 0.707. The maximum absolute atomic E-state index is 12.3. The summed E-state index contributed by atoms with van der Waals surface area (Å²) in [5.41, 5.74) is 1.45. The normalized spacial score (nSPS) is 11.1. The Kier molecular flexibility index (Phi) is 5.93. The van der Waals surface area contributed by atoms with E-state index in [0.717, 1.165) is 5.52 Å². The molecule has 3 aromatic carbocycles. The van der Waals surface area contributed by atoms with Crippen LogP contribution in [0.25, 0.3) is 10.9 Å². The van der Waals surface area contributed by atoms with Crippen LogP contribution in [0.3, 0.4) is 0 Å². The van der Waals surface area contributed by atoms with Crippen LogP contribution in [-0.4, -0.2) is 29.3 Å². The number of benzene rings is 3. The van der Waals surface area contributed by atoms with Gasteiger partial charge in [-0.15, -0.1) is 10.2 Å². The van der Waals surface area contributed by atoms with Crippen molar-refractivity contribution in [3.63, 3.8) is 0 Å². The Morgan fingerprint density at radius 3 is 2.39 bits per heavy atom. The fourth-order valence-corrected chi connectivity index (χ4v) is 3.32. The van der Waals surface area contributed by atoms with Gasteiger partial charge in [0.1, 0.15) is 6.61 Å². The highest BCUT2D eigenvalue weighted by molar-refractivity contribution is 5.97. The predicted octanol–water partition coefficient (Wildman–Crippen LogP) is 5.36. The van der Waals surface area contributed by atoms with Gasteiger partial charge in [-0.3, -0.25) is 4.79 Å². The van der Waals surface area contributed by atoms with Crippen molar-refractivity contribution in [2.75, 3.05) is 13.7 Å². The number of aromatic hydroxyl groups is 1. The molecule has 0 bridgehead atoms. The third-order valence-corrected chi connectivity index (χ3v) is 4.82. The van der Waals surface area contributed by atoms with Crippen LogP contribution >= 0.6 is 0 Å². The Labute approximate surface area is 179 Å². The molecule has 0 saturated heterocycles. The Balaban J connectivity index is 1.58. The van der Waals surface area contributed by atoms with Crippen molar-refractivity contribution < 1.29 is 19.4 Å². The molecule has 4 aromatic rings. The van der Waals surface area contributed by atoms with Crippen LogP contribution in [0.1, 0.15) is 10.4 Å². The average molecular weight is 415 g/mol. The summed E-state index contributed by atoms with van der Waals surface area (Å²) in [4.78, 5) is 12.3. The molecule has 0 spiro atoms. The standard InChI is InChI=1S/C24H21N3O4/c1-30-20-13-7-8-14-21(20)31-16-15-27-19-12-6-5-11-18(19)22(24(27)29)25-26-23(28)17-9-3-2-4-10-17/h2-14,29H,15-16H2,1H3. The fourth-order valence-electron chi connectivity index (χ4n) is 3.32. The van der Waals surface area contributed by atoms with Crippen LogP contribution in [0.4, 0.5) is 5.69 Å². The van der Waals surface area contributed by atoms with E-state index in [-0.39, 0.29) is 11.6 Å². The van der Waals surface area contributed by atoms with Crippen molar-refractivity contribution >= 4 is 22.5 Å². The molecule has 1 heterocycles. The summed E-state index contributed by atoms with van der Waals surface area (Å²) in [7, 11) is 1.58. The van der Waals surface area contributed by atoms with Gasteiger partial charge in [0.25, 0.3) is 5.91 Å². The SMILES string of the molecule is COc1ccccc1OCCn1c(O)c(N=NC(=O)c2ccccc2)c2ccccc21. The Hall–Kier alpha value is -4.13. The van der Waals surface area contributed by atoms with E-state index in [2.05, 4.69) is 10.2 Å². The maximum atomic E-state index is 12.3. The Morgan fingerprint density at radius 1 is 0.935 bits per heavy atom. The quantitative estimate of drug-likeness (QED) is 0.412. The third-order valence-electron chi connectivity index (χ3n) is 4.82. The number of carbonyl (C=O) groups excluding carboxylic acids is 1. The average Bonchev–Trinajstić information content (AvgIpc) is 3.09. The third kappa shape index (κ3) is 4.25. The molecule has 1 N–H and O–H groups in total. The predicted molar refractivity (Wildman–Crippen MR) is 117 cm³/mol. The van der Waals surface area contributed by atoms with Gasteiger partial charge in [-0.05, 0) is 30.3 Å². The number of nitrogens with zero attached hydrogens (tertiary/aromatic N) is 3. The van der Waals surface area contributed by atoms with Crippen molar-refractivity contribution in [2.45, 2.75) is 6.54 Å². The molecule has 0 aliphatic carbocycles. The second-order valence-corrected chi connectivity index (χ2v) is 6.71. The molecule has 7 heteroatoms. The van der Waals surface area contributed by atoms with Gasteiger partial charge < -0.3 is 19.1 Å². The molecule has 1 aromatic heterocycles. The first kappa shape index (κ1) is 20.2. The van der Waals surface area contributed by atoms with Crippen LogP contribution in [0, 0.1) is 0 Å². The number of para-hydroxylation sites is 3. The van der Waals surface area contributed by atoms with E-state index in [1.807, 2.05) is 54.6 Å². The molecule has 0 unspecified atom stereocenters. The Morgan fingerprint density at radius 2 is 1.61 bits per heavy atom. The minimum atomic E-state index is -0.476. The molecular formula is C24H21N3O4. The van der Waals surface area contributed by atoms with Crippen molar-refractivity contribution in [3.8, 4) is 17.4 Å². The zero-order valence-corrected chi connectivity index (χ0v) is 16.9. The zero-order valence-electron chi connectivity index (χ0n) is 16.9. The van der Waals surface area contributed by atoms with Gasteiger partial charge in [0.05, 0.1) is 19.2 Å². The number of fused-ring (bicyclic) bond motifs is 1. The molecule has 0 radical (unpaired) electrons. The molecule has 0 aliphatic rings. The number of carbonyl (C=O) groups is 1. The van der Waals surface area contributed by atoms with Crippen LogP contribution < -0.4 is 9.47 Å². The summed E-state index contributed by atoms with van der Waals surface area (Å²) >= 11 is 0. The highest BCUT2D eigenvalue weighted by Crippen LogP contribution is 2.39. The summed E-state index contributed by atoms with van der Waals surface area (Å²) in [6.07, 6.45) is 0. The lowest BCUT2D eigenvalue weighted by Gasteiger charge is -2.11. The monoisotopic (exact) mass is 415 g/mol. The lowest BCUT2D eigenvalue weighted by atomic mass is 10.2. The van der Waals surface area contributed by atoms with Crippen molar-refractivity contribution in [2.24, 2.45) is 10.2 Å². The van der Waals surface area contributed by atoms with Gasteiger partial charge in [0.15, 0.2) is 17.2 Å². The van der Waals surface area contributed by atoms with Gasteiger partial charge in [0.2, 0.25) is 5.88 Å². The van der Waals surface area contributed by atoms with E-state index in [9.17, 15) is 9.90 Å². The van der Waals surface area contributed by atoms with Crippen molar-refractivity contribution in [1.29, 1.82) is 0 Å². The molecule has 156 valence electrons. The number of rotatable bonds is 7. The molecular weight excluding hydrogens is 394 g/mol. The van der Waals surface area contributed by atoms with E-state index in [1.165, 1.54) is 0 Å². The molecule has 31 heavy (non-hydrogen) atoms. The van der Waals surface area contributed by atoms with Crippen molar-refractivity contribution in [3.05, 3.63) is 84.4 Å². The van der Waals surface area contributed by atoms with E-state index in [0.29, 0.717) is 35.6 Å². The number of azo groups is 1. The number of aromatic nitrogens is 1. The molecule has 1 amide bonds. The summed E-state index contributed by atoms with van der Waals surface area (Å²) in [5, 5.41) is 19.4. The van der Waals surface area contributed by atoms with Gasteiger partial charge >= 0.3 is 0 Å². The van der Waals surface area contributed by atoms with Gasteiger partial charge in [-0.25, -0.2) is 0 Å². The second-order valence-electron chi connectivity index (χ2n) is 6.71. The van der Waals surface area contributed by atoms with Crippen molar-refractivity contribution in [1.82, 2.24) is 4.57 Å². The largest absolute Gasteiger partial charge is 0.493 e. The minimum Gasteiger partial charge on any atom is -0.493 e. The molecule has 7 nitrogen and oxygen atoms in total. The number of ether oxygens (including phenoxy) is 2. The molecule has 0 atom stereocenters. The lowest BCUT2D eigenvalue weighted by Crippen LogP contribution is -2.08. The fraction of sp³-hybridized carbons (Fsp3) is 0.125. The van der Waals surface area contributed by atoms with Gasteiger partial charge in [-0.2, -0.15) is 0 Å². The van der Waals surface area contributed by atoms with E-state index in [1.54, 1.807) is 35.9 Å². The van der Waals surface area contributed by atoms with E-state index >= 15 is 0 Å². The van der Waals surface area contributed by atoms with Crippen LogP contribution in [-0.2, 0) is 6.54 Å². The highest BCUT2D eigenvalue weighted by Gasteiger charge is 2.17. The van der Waals surface area contributed by atoms with Crippen LogP contribution in [0.5, 0.6) is 17.4 Å². The Bertz CT molecular complexity index is 1230. The smallest absolute Gasteiger partial charge is 0.295 e. The van der Waals surface area contributed by atoms with Crippen LogP contribution in [0.15, 0.2) is 89.1 Å². The van der Waals surface area contributed by atoms with Gasteiger partial charge in [-0.1, -0.05) is 48.5 Å². The second kappa shape index (κ2) is 9.13. The van der Waals surface area contributed by atoms with E-state index in [4.69, 9.17) is 9.47 Å². The lowest BCUT2D eigenvalue weighted by molar-refractivity contribution is 0.0995. The summed E-state index contributed by atoms with van der Waals surface area (Å²) in [6.45, 7) is 0.665. The summed E-state index contributed by atoms with van der Waals surface area (Å²) < 4.78 is 12.8. The minimum absolute atomic E-state index is 0.0746.